The first-order valence-electron chi connectivity index (χ1n) is 7.19. The van der Waals surface area contributed by atoms with Gasteiger partial charge in [-0.25, -0.2) is 0 Å². The largest absolute Gasteiger partial charge is 0.339 e. The van der Waals surface area contributed by atoms with Gasteiger partial charge in [-0.3, -0.25) is 4.98 Å². The van der Waals surface area contributed by atoms with E-state index in [1.54, 1.807) is 6.20 Å². The average molecular weight is 317 g/mol. The van der Waals surface area contributed by atoms with Crippen LogP contribution < -0.4 is 5.73 Å². The summed E-state index contributed by atoms with van der Waals surface area (Å²) in [6, 6.07) is 10.1. The minimum absolute atomic E-state index is 0. The van der Waals surface area contributed by atoms with E-state index in [1.807, 2.05) is 30.3 Å². The highest BCUT2D eigenvalue weighted by molar-refractivity contribution is 5.85. The van der Waals surface area contributed by atoms with Crippen LogP contribution in [0.3, 0.4) is 0 Å². The van der Waals surface area contributed by atoms with Gasteiger partial charge < -0.3 is 10.3 Å². The predicted molar refractivity (Wildman–Crippen MR) is 85.8 cm³/mol. The molecule has 6 heteroatoms. The van der Waals surface area contributed by atoms with Crippen molar-refractivity contribution >= 4 is 23.3 Å². The normalized spacial score (nSPS) is 16.0. The fourth-order valence-corrected chi connectivity index (χ4v) is 2.78. The third-order valence-corrected chi connectivity index (χ3v) is 4.22. The van der Waals surface area contributed by atoms with E-state index in [9.17, 15) is 0 Å². The molecule has 2 N–H and O–H groups in total. The second-order valence-electron chi connectivity index (χ2n) is 5.69. The van der Waals surface area contributed by atoms with Crippen molar-refractivity contribution in [2.45, 2.75) is 31.2 Å². The molecule has 1 saturated carbocycles. The molecule has 5 nitrogen and oxygen atoms in total. The molecule has 0 amide bonds. The number of hydrogen-bond donors (Lipinski definition) is 1. The lowest BCUT2D eigenvalue weighted by Crippen LogP contribution is -2.44. The maximum absolute atomic E-state index is 6.22. The van der Waals surface area contributed by atoms with E-state index < -0.39 is 0 Å². The summed E-state index contributed by atoms with van der Waals surface area (Å²) in [7, 11) is 0. The van der Waals surface area contributed by atoms with Gasteiger partial charge in [0.05, 0.1) is 17.5 Å². The molecular weight excluding hydrogens is 300 g/mol. The van der Waals surface area contributed by atoms with Crippen LogP contribution in [0.2, 0.25) is 0 Å². The molecule has 4 rings (SSSR count). The highest BCUT2D eigenvalue weighted by Gasteiger charge is 2.38. The summed E-state index contributed by atoms with van der Waals surface area (Å²) in [5, 5.41) is 5.17. The van der Waals surface area contributed by atoms with E-state index in [2.05, 4.69) is 15.1 Å². The second-order valence-corrected chi connectivity index (χ2v) is 5.69. The molecule has 2 aromatic heterocycles. The summed E-state index contributed by atoms with van der Waals surface area (Å²) in [5.74, 6) is 1.23. The number of hydrogen-bond acceptors (Lipinski definition) is 5. The molecule has 2 heterocycles. The minimum Gasteiger partial charge on any atom is -0.339 e. The molecule has 0 radical (unpaired) electrons. The number of aromatic nitrogens is 3. The topological polar surface area (TPSA) is 77.8 Å². The molecule has 0 aliphatic heterocycles. The Bertz CT molecular complexity index is 792. The van der Waals surface area contributed by atoms with Crippen molar-refractivity contribution < 1.29 is 4.52 Å². The van der Waals surface area contributed by atoms with Gasteiger partial charge in [-0.2, -0.15) is 4.98 Å². The zero-order chi connectivity index (χ0) is 14.3. The molecule has 0 atom stereocenters. The van der Waals surface area contributed by atoms with E-state index in [1.165, 1.54) is 0 Å². The lowest BCUT2D eigenvalue weighted by molar-refractivity contribution is 0.229. The first-order chi connectivity index (χ1) is 10.2. The van der Waals surface area contributed by atoms with Crippen LogP contribution >= 0.6 is 12.4 Å². The molecular formula is C16H17ClN4O. The Labute approximate surface area is 134 Å². The van der Waals surface area contributed by atoms with Crippen LogP contribution in [0.4, 0.5) is 0 Å². The lowest BCUT2D eigenvalue weighted by Gasteiger charge is -2.34. The van der Waals surface area contributed by atoms with Gasteiger partial charge in [-0.05, 0) is 30.9 Å². The lowest BCUT2D eigenvalue weighted by atomic mass is 9.77. The fraction of sp³-hybridized carbons (Fsp3) is 0.312. The molecule has 0 spiro atoms. The van der Waals surface area contributed by atoms with Gasteiger partial charge >= 0.3 is 0 Å². The molecule has 0 saturated heterocycles. The van der Waals surface area contributed by atoms with Crippen LogP contribution in [-0.4, -0.2) is 15.1 Å². The minimum atomic E-state index is -0.376. The van der Waals surface area contributed by atoms with Gasteiger partial charge in [-0.1, -0.05) is 29.4 Å². The highest BCUT2D eigenvalue weighted by Crippen LogP contribution is 2.37. The van der Waals surface area contributed by atoms with Crippen LogP contribution in [0.5, 0.6) is 0 Å². The van der Waals surface area contributed by atoms with Crippen molar-refractivity contribution in [2.24, 2.45) is 5.73 Å². The number of pyridine rings is 1. The van der Waals surface area contributed by atoms with Gasteiger partial charge in [0, 0.05) is 11.6 Å². The van der Waals surface area contributed by atoms with Gasteiger partial charge in [0.25, 0.3) is 0 Å². The Kier molecular flexibility index (Phi) is 3.85. The van der Waals surface area contributed by atoms with E-state index >= 15 is 0 Å². The predicted octanol–water partition coefficient (Wildman–Crippen LogP) is 2.97. The molecule has 3 aromatic rings. The smallest absolute Gasteiger partial charge is 0.231 e. The van der Waals surface area contributed by atoms with E-state index in [-0.39, 0.29) is 17.9 Å². The summed E-state index contributed by atoms with van der Waals surface area (Å²) in [4.78, 5) is 8.92. The zero-order valence-corrected chi connectivity index (χ0v) is 12.8. The molecule has 1 fully saturated rings. The van der Waals surface area contributed by atoms with Crippen LogP contribution in [0, 0.1) is 0 Å². The summed E-state index contributed by atoms with van der Waals surface area (Å²) in [5.41, 5.74) is 7.91. The first kappa shape index (κ1) is 14.9. The number of benzene rings is 1. The average Bonchev–Trinajstić information content (AvgIpc) is 2.94. The zero-order valence-electron chi connectivity index (χ0n) is 12.0. The van der Waals surface area contributed by atoms with Crippen LogP contribution in [-0.2, 0) is 12.0 Å². The van der Waals surface area contributed by atoms with E-state index in [0.717, 1.165) is 35.7 Å². The maximum atomic E-state index is 6.22. The van der Waals surface area contributed by atoms with Crippen molar-refractivity contribution in [1.29, 1.82) is 0 Å². The number of fused-ring (bicyclic) bond motifs is 1. The molecule has 0 unspecified atom stereocenters. The van der Waals surface area contributed by atoms with Crippen LogP contribution in [0.25, 0.3) is 10.9 Å². The number of para-hydroxylation sites is 1. The van der Waals surface area contributed by atoms with Gasteiger partial charge in [0.15, 0.2) is 5.82 Å². The van der Waals surface area contributed by atoms with Crippen LogP contribution in [0.15, 0.2) is 41.1 Å². The number of nitrogens with zero attached hydrogens (tertiary/aromatic N) is 3. The molecule has 114 valence electrons. The summed E-state index contributed by atoms with van der Waals surface area (Å²) < 4.78 is 5.37. The number of nitrogens with two attached hydrogens (primary N) is 1. The summed E-state index contributed by atoms with van der Waals surface area (Å²) in [6.45, 7) is 0. The maximum Gasteiger partial charge on any atom is 0.231 e. The van der Waals surface area contributed by atoms with E-state index in [0.29, 0.717) is 18.1 Å². The molecule has 0 bridgehead atoms. The summed E-state index contributed by atoms with van der Waals surface area (Å²) in [6.07, 6.45) is 5.38. The summed E-state index contributed by atoms with van der Waals surface area (Å²) >= 11 is 0. The molecule has 1 aliphatic rings. The third-order valence-electron chi connectivity index (χ3n) is 4.22. The van der Waals surface area contributed by atoms with Crippen molar-refractivity contribution in [2.75, 3.05) is 0 Å². The van der Waals surface area contributed by atoms with Gasteiger partial charge in [0.1, 0.15) is 0 Å². The highest BCUT2D eigenvalue weighted by atomic mass is 35.5. The Morgan fingerprint density at radius 3 is 2.77 bits per heavy atom. The van der Waals surface area contributed by atoms with Crippen molar-refractivity contribution in [3.63, 3.8) is 0 Å². The van der Waals surface area contributed by atoms with Gasteiger partial charge in [0.2, 0.25) is 5.89 Å². The quantitative estimate of drug-likeness (QED) is 0.803. The van der Waals surface area contributed by atoms with Crippen molar-refractivity contribution in [3.8, 4) is 0 Å². The Hall–Kier alpha value is -1.98. The number of halogens is 1. The monoisotopic (exact) mass is 316 g/mol. The molecule has 1 aromatic carbocycles. The van der Waals surface area contributed by atoms with Crippen molar-refractivity contribution in [3.05, 3.63) is 53.8 Å². The van der Waals surface area contributed by atoms with Crippen LogP contribution in [0.1, 0.15) is 36.5 Å². The Balaban J connectivity index is 0.00000144. The standard InChI is InChI=1S/C16H16N4O.ClH/c17-16(7-3-8-16)15-19-13(21-20-15)10-12-5-1-4-11-6-2-9-18-14(11)12;/h1-2,4-6,9H,3,7-8,10,17H2;1H. The van der Waals surface area contributed by atoms with Crippen molar-refractivity contribution in [1.82, 2.24) is 15.1 Å². The molecule has 22 heavy (non-hydrogen) atoms. The Morgan fingerprint density at radius 2 is 2.00 bits per heavy atom. The van der Waals surface area contributed by atoms with Gasteiger partial charge in [-0.15, -0.1) is 12.4 Å². The second kappa shape index (κ2) is 5.66. The number of rotatable bonds is 3. The SMILES string of the molecule is Cl.NC1(c2noc(Cc3cccc4cccnc34)n2)CCC1. The van der Waals surface area contributed by atoms with E-state index in [4.69, 9.17) is 10.3 Å². The first-order valence-corrected chi connectivity index (χ1v) is 7.19. The fourth-order valence-electron chi connectivity index (χ4n) is 2.78. The molecule has 1 aliphatic carbocycles. The Morgan fingerprint density at radius 1 is 1.18 bits per heavy atom. The third kappa shape index (κ3) is 2.46.